The summed E-state index contributed by atoms with van der Waals surface area (Å²) in [6, 6.07) is 13.8. The number of unbranched alkanes of at least 4 members (excludes halogenated alkanes) is 1. The number of rotatable bonds is 6. The standard InChI is InChI=1S/C16H20N4O/c1-2-3-12-20(13-8-5-4-6-9-13)14-10-7-11-18-15(14)16(17)19-21/h4-11,21H,2-3,12H2,1H3,(H2,17,19). The van der Waals surface area contributed by atoms with Crippen molar-refractivity contribution in [2.75, 3.05) is 11.4 Å². The van der Waals surface area contributed by atoms with E-state index in [1.807, 2.05) is 42.5 Å². The number of nitrogens with two attached hydrogens (primary N) is 1. The molecular weight excluding hydrogens is 264 g/mol. The number of amidine groups is 1. The Morgan fingerprint density at radius 1 is 1.24 bits per heavy atom. The van der Waals surface area contributed by atoms with Crippen LogP contribution in [0, 0.1) is 0 Å². The summed E-state index contributed by atoms with van der Waals surface area (Å²) < 4.78 is 0. The predicted molar refractivity (Wildman–Crippen MR) is 85.1 cm³/mol. The third-order valence-electron chi connectivity index (χ3n) is 3.23. The SMILES string of the molecule is CCCCN(c1ccccc1)c1cccnc1/C(N)=N/O. The van der Waals surface area contributed by atoms with Gasteiger partial charge in [0.05, 0.1) is 5.69 Å². The van der Waals surface area contributed by atoms with Gasteiger partial charge in [0.15, 0.2) is 5.84 Å². The molecule has 1 aromatic heterocycles. The van der Waals surface area contributed by atoms with Crippen molar-refractivity contribution >= 4 is 17.2 Å². The summed E-state index contributed by atoms with van der Waals surface area (Å²) in [4.78, 5) is 6.39. The van der Waals surface area contributed by atoms with Gasteiger partial charge in [0.25, 0.3) is 0 Å². The zero-order valence-electron chi connectivity index (χ0n) is 12.1. The van der Waals surface area contributed by atoms with Crippen molar-refractivity contribution < 1.29 is 5.21 Å². The largest absolute Gasteiger partial charge is 0.409 e. The summed E-state index contributed by atoms with van der Waals surface area (Å²) in [6.45, 7) is 2.99. The minimum absolute atomic E-state index is 0.0167. The first-order chi connectivity index (χ1) is 10.3. The predicted octanol–water partition coefficient (Wildman–Crippen LogP) is 3.11. The lowest BCUT2D eigenvalue weighted by atomic mass is 10.2. The van der Waals surface area contributed by atoms with Gasteiger partial charge >= 0.3 is 0 Å². The Kier molecular flexibility index (Phi) is 5.15. The van der Waals surface area contributed by atoms with Crippen LogP contribution in [0.3, 0.4) is 0 Å². The molecule has 0 aliphatic heterocycles. The van der Waals surface area contributed by atoms with E-state index in [1.165, 1.54) is 0 Å². The Labute approximate surface area is 124 Å². The summed E-state index contributed by atoms with van der Waals surface area (Å²) in [5.74, 6) is 0.0167. The van der Waals surface area contributed by atoms with Crippen molar-refractivity contribution in [1.29, 1.82) is 0 Å². The Hall–Kier alpha value is -2.56. The second-order valence-electron chi connectivity index (χ2n) is 4.70. The molecule has 0 fully saturated rings. The van der Waals surface area contributed by atoms with Crippen molar-refractivity contribution in [1.82, 2.24) is 4.98 Å². The normalized spacial score (nSPS) is 11.4. The Morgan fingerprint density at radius 2 is 2.00 bits per heavy atom. The van der Waals surface area contributed by atoms with Gasteiger partial charge < -0.3 is 15.8 Å². The van der Waals surface area contributed by atoms with Gasteiger partial charge in [-0.3, -0.25) is 4.98 Å². The van der Waals surface area contributed by atoms with E-state index in [2.05, 4.69) is 22.0 Å². The van der Waals surface area contributed by atoms with Gasteiger partial charge in [-0.1, -0.05) is 36.7 Å². The van der Waals surface area contributed by atoms with Crippen molar-refractivity contribution in [3.63, 3.8) is 0 Å². The van der Waals surface area contributed by atoms with Crippen LogP contribution in [-0.2, 0) is 0 Å². The number of anilines is 2. The fraction of sp³-hybridized carbons (Fsp3) is 0.250. The molecule has 0 atom stereocenters. The molecule has 110 valence electrons. The molecule has 1 heterocycles. The highest BCUT2D eigenvalue weighted by Gasteiger charge is 2.16. The maximum absolute atomic E-state index is 8.95. The molecule has 0 saturated carbocycles. The maximum atomic E-state index is 8.95. The van der Waals surface area contributed by atoms with E-state index >= 15 is 0 Å². The summed E-state index contributed by atoms with van der Waals surface area (Å²) in [5.41, 5.74) is 8.14. The van der Waals surface area contributed by atoms with Crippen molar-refractivity contribution in [2.24, 2.45) is 10.9 Å². The van der Waals surface area contributed by atoms with Crippen LogP contribution < -0.4 is 10.6 Å². The number of nitrogens with zero attached hydrogens (tertiary/aromatic N) is 3. The molecule has 3 N–H and O–H groups in total. The van der Waals surface area contributed by atoms with Gasteiger partial charge in [-0.05, 0) is 30.7 Å². The van der Waals surface area contributed by atoms with Crippen LogP contribution in [0.5, 0.6) is 0 Å². The molecule has 0 aliphatic rings. The summed E-state index contributed by atoms with van der Waals surface area (Å²) in [5, 5.41) is 12.0. The molecule has 0 spiro atoms. The second kappa shape index (κ2) is 7.28. The lowest BCUT2D eigenvalue weighted by Gasteiger charge is -2.26. The maximum Gasteiger partial charge on any atom is 0.190 e. The molecule has 21 heavy (non-hydrogen) atoms. The smallest absolute Gasteiger partial charge is 0.190 e. The number of pyridine rings is 1. The lowest BCUT2D eigenvalue weighted by molar-refractivity contribution is 0.318. The molecule has 0 saturated heterocycles. The van der Waals surface area contributed by atoms with Crippen molar-refractivity contribution in [3.05, 3.63) is 54.4 Å². The number of hydrogen-bond donors (Lipinski definition) is 2. The summed E-state index contributed by atoms with van der Waals surface area (Å²) >= 11 is 0. The van der Waals surface area contributed by atoms with Crippen LogP contribution >= 0.6 is 0 Å². The third-order valence-corrected chi connectivity index (χ3v) is 3.23. The van der Waals surface area contributed by atoms with Crippen LogP contribution in [0.4, 0.5) is 11.4 Å². The monoisotopic (exact) mass is 284 g/mol. The highest BCUT2D eigenvalue weighted by atomic mass is 16.4. The number of benzene rings is 1. The van der Waals surface area contributed by atoms with Gasteiger partial charge in [-0.2, -0.15) is 0 Å². The minimum Gasteiger partial charge on any atom is -0.409 e. The number of para-hydroxylation sites is 1. The molecule has 5 heteroatoms. The Bertz CT molecular complexity index is 598. The van der Waals surface area contributed by atoms with Gasteiger partial charge in [0.2, 0.25) is 0 Å². The van der Waals surface area contributed by atoms with Crippen LogP contribution in [0.1, 0.15) is 25.5 Å². The molecule has 0 amide bonds. The van der Waals surface area contributed by atoms with E-state index in [1.54, 1.807) is 6.20 Å². The van der Waals surface area contributed by atoms with Gasteiger partial charge in [0, 0.05) is 18.4 Å². The zero-order valence-corrected chi connectivity index (χ0v) is 12.1. The molecule has 0 radical (unpaired) electrons. The molecule has 1 aromatic carbocycles. The minimum atomic E-state index is 0.0167. The average Bonchev–Trinajstić information content (AvgIpc) is 2.56. The van der Waals surface area contributed by atoms with Crippen molar-refractivity contribution in [2.45, 2.75) is 19.8 Å². The Balaban J connectivity index is 2.47. The number of oxime groups is 1. The Morgan fingerprint density at radius 3 is 2.67 bits per heavy atom. The molecule has 2 aromatic rings. The van der Waals surface area contributed by atoms with E-state index in [9.17, 15) is 0 Å². The molecule has 0 unspecified atom stereocenters. The van der Waals surface area contributed by atoms with E-state index < -0.39 is 0 Å². The van der Waals surface area contributed by atoms with Gasteiger partial charge in [0.1, 0.15) is 5.69 Å². The molecule has 0 bridgehead atoms. The third kappa shape index (κ3) is 3.51. The van der Waals surface area contributed by atoms with E-state index in [0.717, 1.165) is 30.8 Å². The van der Waals surface area contributed by atoms with Crippen LogP contribution in [0.15, 0.2) is 53.8 Å². The second-order valence-corrected chi connectivity index (χ2v) is 4.70. The summed E-state index contributed by atoms with van der Waals surface area (Å²) in [6.07, 6.45) is 3.77. The van der Waals surface area contributed by atoms with Gasteiger partial charge in [-0.25, -0.2) is 0 Å². The highest BCUT2D eigenvalue weighted by Crippen LogP contribution is 2.27. The highest BCUT2D eigenvalue weighted by molar-refractivity contribution is 6.01. The first kappa shape index (κ1) is 14.8. The fourth-order valence-electron chi connectivity index (χ4n) is 2.17. The molecule has 5 nitrogen and oxygen atoms in total. The van der Waals surface area contributed by atoms with Gasteiger partial charge in [-0.15, -0.1) is 0 Å². The number of aromatic nitrogens is 1. The zero-order chi connectivity index (χ0) is 15.1. The fourth-order valence-corrected chi connectivity index (χ4v) is 2.17. The van der Waals surface area contributed by atoms with Crippen molar-refractivity contribution in [3.8, 4) is 0 Å². The van der Waals surface area contributed by atoms with E-state index in [4.69, 9.17) is 10.9 Å². The summed E-state index contributed by atoms with van der Waals surface area (Å²) in [7, 11) is 0. The van der Waals surface area contributed by atoms with Crippen LogP contribution in [-0.4, -0.2) is 22.6 Å². The van der Waals surface area contributed by atoms with E-state index in [0.29, 0.717) is 5.69 Å². The quantitative estimate of drug-likeness (QED) is 0.370. The average molecular weight is 284 g/mol. The topological polar surface area (TPSA) is 74.7 Å². The lowest BCUT2D eigenvalue weighted by Crippen LogP contribution is -2.24. The number of hydrogen-bond acceptors (Lipinski definition) is 4. The first-order valence-corrected chi connectivity index (χ1v) is 7.03. The molecule has 0 aliphatic carbocycles. The molecular formula is C16H20N4O. The van der Waals surface area contributed by atoms with Crippen LogP contribution in [0.2, 0.25) is 0 Å². The first-order valence-electron chi connectivity index (χ1n) is 7.03. The van der Waals surface area contributed by atoms with Crippen LogP contribution in [0.25, 0.3) is 0 Å². The van der Waals surface area contributed by atoms with E-state index in [-0.39, 0.29) is 5.84 Å². The molecule has 2 rings (SSSR count).